The molecule has 6 nitrogen and oxygen atoms in total. The zero-order chi connectivity index (χ0) is 18.6. The predicted octanol–water partition coefficient (Wildman–Crippen LogP) is 2.41. The Kier molecular flexibility index (Phi) is 4.59. The number of amides is 3. The van der Waals surface area contributed by atoms with Gasteiger partial charge >= 0.3 is 0 Å². The van der Waals surface area contributed by atoms with E-state index >= 15 is 0 Å². The van der Waals surface area contributed by atoms with Gasteiger partial charge in [-0.15, -0.1) is 0 Å². The summed E-state index contributed by atoms with van der Waals surface area (Å²) in [5, 5.41) is 2.72. The molecule has 2 saturated carbocycles. The number of alkyl halides is 2. The van der Waals surface area contributed by atoms with E-state index in [1.165, 1.54) is 0 Å². The van der Waals surface area contributed by atoms with Gasteiger partial charge in [-0.2, -0.15) is 0 Å². The molecule has 3 aliphatic rings. The first-order valence-corrected chi connectivity index (χ1v) is 10.3. The number of halogens is 2. The third-order valence-electron chi connectivity index (χ3n) is 5.75. The Bertz CT molecular complexity index is 737. The van der Waals surface area contributed by atoms with E-state index in [4.69, 9.17) is 4.74 Å². The molecule has 8 heteroatoms. The lowest BCUT2D eigenvalue weighted by atomic mass is 9.81. The minimum atomic E-state index is -0.380. The smallest absolute Gasteiger partial charge is 0.244 e. The highest BCUT2D eigenvalue weighted by Crippen LogP contribution is 2.60. The van der Waals surface area contributed by atoms with E-state index in [0.29, 0.717) is 11.4 Å². The second-order valence-corrected chi connectivity index (χ2v) is 9.16. The topological polar surface area (TPSA) is 75.7 Å². The van der Waals surface area contributed by atoms with Gasteiger partial charge in [-0.1, -0.05) is 31.9 Å². The number of carbonyl (C=O) groups is 3. The van der Waals surface area contributed by atoms with Crippen molar-refractivity contribution in [3.05, 3.63) is 24.3 Å². The van der Waals surface area contributed by atoms with E-state index < -0.39 is 0 Å². The maximum Gasteiger partial charge on any atom is 0.244 e. The van der Waals surface area contributed by atoms with Crippen LogP contribution in [-0.4, -0.2) is 45.9 Å². The van der Waals surface area contributed by atoms with Gasteiger partial charge in [0.25, 0.3) is 0 Å². The molecule has 1 N–H and O–H groups in total. The number of nitrogens with one attached hydrogen (secondary N) is 1. The summed E-state index contributed by atoms with van der Waals surface area (Å²) in [6.45, 7) is -0.240. The highest BCUT2D eigenvalue weighted by Gasteiger charge is 2.66. The molecule has 2 aliphatic carbocycles. The number of methoxy groups -OCH3 is 1. The number of nitrogens with zero attached hydrogens (tertiary/aromatic N) is 1. The lowest BCUT2D eigenvalue weighted by molar-refractivity contribution is -0.143. The predicted molar refractivity (Wildman–Crippen MR) is 102 cm³/mol. The van der Waals surface area contributed by atoms with Crippen LogP contribution in [0.4, 0.5) is 5.69 Å². The Balaban J connectivity index is 1.45. The first-order chi connectivity index (χ1) is 12.4. The molecule has 1 heterocycles. The van der Waals surface area contributed by atoms with Crippen LogP contribution in [0.3, 0.4) is 0 Å². The molecular weight excluding hydrogens is 468 g/mol. The fraction of sp³-hybridized carbons (Fsp3) is 0.500. The molecule has 2 bridgehead atoms. The summed E-state index contributed by atoms with van der Waals surface area (Å²) in [4.78, 5) is 39.4. The van der Waals surface area contributed by atoms with Crippen molar-refractivity contribution in [3.8, 4) is 5.75 Å². The van der Waals surface area contributed by atoms with E-state index in [2.05, 4.69) is 37.2 Å². The second-order valence-electron chi connectivity index (χ2n) is 7.04. The van der Waals surface area contributed by atoms with Gasteiger partial charge in [-0.3, -0.25) is 19.3 Å². The Labute approximate surface area is 167 Å². The molecule has 1 aromatic rings. The van der Waals surface area contributed by atoms with Crippen molar-refractivity contribution in [1.29, 1.82) is 0 Å². The first-order valence-electron chi connectivity index (χ1n) is 8.49. The van der Waals surface area contributed by atoms with Crippen LogP contribution in [0.5, 0.6) is 5.75 Å². The van der Waals surface area contributed by atoms with Crippen molar-refractivity contribution in [2.45, 2.75) is 16.1 Å². The third-order valence-corrected chi connectivity index (χ3v) is 8.96. The Hall–Kier alpha value is -1.41. The number of hydrogen-bond acceptors (Lipinski definition) is 4. The molecule has 1 saturated heterocycles. The van der Waals surface area contributed by atoms with Crippen LogP contribution in [0.25, 0.3) is 0 Å². The Morgan fingerprint density at radius 1 is 1.12 bits per heavy atom. The van der Waals surface area contributed by atoms with Crippen LogP contribution < -0.4 is 10.1 Å². The maximum atomic E-state index is 12.8. The van der Waals surface area contributed by atoms with Crippen LogP contribution in [0.2, 0.25) is 0 Å². The minimum absolute atomic E-state index is 0.153. The highest BCUT2D eigenvalue weighted by molar-refractivity contribution is 9.12. The van der Waals surface area contributed by atoms with Crippen molar-refractivity contribution < 1.29 is 19.1 Å². The van der Waals surface area contributed by atoms with Gasteiger partial charge in [0, 0.05) is 15.3 Å². The molecule has 0 aromatic heterocycles. The number of rotatable bonds is 4. The average Bonchev–Trinajstić information content (AvgIpc) is 3.23. The number of benzene rings is 1. The molecule has 4 rings (SSSR count). The third kappa shape index (κ3) is 2.69. The van der Waals surface area contributed by atoms with Crippen molar-refractivity contribution >= 4 is 55.3 Å². The van der Waals surface area contributed by atoms with E-state index in [1.54, 1.807) is 31.4 Å². The summed E-state index contributed by atoms with van der Waals surface area (Å²) >= 11 is 7.31. The Morgan fingerprint density at radius 3 is 2.15 bits per heavy atom. The minimum Gasteiger partial charge on any atom is -0.497 e. The van der Waals surface area contributed by atoms with Crippen molar-refractivity contribution in [3.63, 3.8) is 0 Å². The number of anilines is 1. The SMILES string of the molecule is COc1ccc(NC(=O)CN2C(=O)[C@@H]3[C@H]4C[C@@H]([C@H](Br)[C@@H]4Br)[C@@H]3C2=O)cc1. The number of likely N-dealkylation sites (tertiary alicyclic amines) is 1. The quantitative estimate of drug-likeness (QED) is 0.525. The largest absolute Gasteiger partial charge is 0.497 e. The normalized spacial score (nSPS) is 35.0. The van der Waals surface area contributed by atoms with E-state index in [-0.39, 0.29) is 57.6 Å². The average molecular weight is 486 g/mol. The van der Waals surface area contributed by atoms with Gasteiger partial charge in [0.2, 0.25) is 17.7 Å². The summed E-state index contributed by atoms with van der Waals surface area (Å²) in [5.41, 5.74) is 0.594. The molecular formula is C18H18Br2N2O4. The van der Waals surface area contributed by atoms with Crippen molar-refractivity contribution in [2.24, 2.45) is 23.7 Å². The van der Waals surface area contributed by atoms with Crippen LogP contribution in [-0.2, 0) is 14.4 Å². The number of hydrogen-bond donors (Lipinski definition) is 1. The molecule has 0 unspecified atom stereocenters. The molecule has 6 atom stereocenters. The second kappa shape index (κ2) is 6.64. The fourth-order valence-corrected chi connectivity index (χ4v) is 6.46. The monoisotopic (exact) mass is 484 g/mol. The fourth-order valence-electron chi connectivity index (χ4n) is 4.58. The standard InChI is InChI=1S/C18H18Br2N2O4/c1-26-9-4-2-8(3-5-9)21-12(23)7-22-17(24)13-10-6-11(14(13)18(22)25)16(20)15(10)19/h2-5,10-11,13-16H,6-7H2,1H3,(H,21,23)/t10-,11-,13-,14+,15-,16+/m1/s1. The highest BCUT2D eigenvalue weighted by atomic mass is 79.9. The Morgan fingerprint density at radius 2 is 1.65 bits per heavy atom. The number of imide groups is 1. The van der Waals surface area contributed by atoms with Crippen molar-refractivity contribution in [1.82, 2.24) is 4.90 Å². The zero-order valence-electron chi connectivity index (χ0n) is 14.0. The lowest BCUT2D eigenvalue weighted by Crippen LogP contribution is -2.39. The van der Waals surface area contributed by atoms with Gasteiger partial charge in [0.15, 0.2) is 0 Å². The molecule has 3 fully saturated rings. The van der Waals surface area contributed by atoms with Crippen LogP contribution in [0, 0.1) is 23.7 Å². The summed E-state index contributed by atoms with van der Waals surface area (Å²) in [6, 6.07) is 6.89. The van der Waals surface area contributed by atoms with Gasteiger partial charge in [-0.25, -0.2) is 0 Å². The summed E-state index contributed by atoms with van der Waals surface area (Å²) in [5.74, 6) is -0.387. The van der Waals surface area contributed by atoms with E-state index in [0.717, 1.165) is 11.3 Å². The molecule has 1 aliphatic heterocycles. The molecule has 0 radical (unpaired) electrons. The summed E-state index contributed by atoms with van der Waals surface area (Å²) in [7, 11) is 1.57. The van der Waals surface area contributed by atoms with Gasteiger partial charge < -0.3 is 10.1 Å². The molecule has 1 aromatic carbocycles. The molecule has 26 heavy (non-hydrogen) atoms. The number of carbonyl (C=O) groups excluding carboxylic acids is 3. The van der Waals surface area contributed by atoms with Crippen LogP contribution in [0.15, 0.2) is 24.3 Å². The number of ether oxygens (including phenoxy) is 1. The first kappa shape index (κ1) is 18.0. The van der Waals surface area contributed by atoms with E-state index in [1.807, 2.05) is 0 Å². The van der Waals surface area contributed by atoms with Gasteiger partial charge in [0.1, 0.15) is 12.3 Å². The van der Waals surface area contributed by atoms with Crippen molar-refractivity contribution in [2.75, 3.05) is 19.0 Å². The molecule has 3 amide bonds. The maximum absolute atomic E-state index is 12.8. The lowest BCUT2D eigenvalue weighted by Gasteiger charge is -2.28. The summed E-state index contributed by atoms with van der Waals surface area (Å²) in [6.07, 6.45) is 0.879. The molecule has 0 spiro atoms. The van der Waals surface area contributed by atoms with Gasteiger partial charge in [0.05, 0.1) is 18.9 Å². The zero-order valence-corrected chi connectivity index (χ0v) is 17.2. The number of fused-ring (bicyclic) bond motifs is 5. The molecule has 138 valence electrons. The van der Waals surface area contributed by atoms with Crippen LogP contribution >= 0.6 is 31.9 Å². The van der Waals surface area contributed by atoms with E-state index in [9.17, 15) is 14.4 Å². The van der Waals surface area contributed by atoms with Crippen LogP contribution in [0.1, 0.15) is 6.42 Å². The summed E-state index contributed by atoms with van der Waals surface area (Å²) < 4.78 is 5.08. The van der Waals surface area contributed by atoms with Gasteiger partial charge in [-0.05, 0) is 42.5 Å².